The van der Waals surface area contributed by atoms with Gasteiger partial charge >= 0.3 is 0 Å². The minimum Gasteiger partial charge on any atom is -0.489 e. The van der Waals surface area contributed by atoms with Crippen molar-refractivity contribution in [3.05, 3.63) is 29.3 Å². The summed E-state index contributed by atoms with van der Waals surface area (Å²) in [6, 6.07) is 6.96. The molecule has 0 aliphatic heterocycles. The first kappa shape index (κ1) is 19.5. The summed E-state index contributed by atoms with van der Waals surface area (Å²) in [5, 5.41) is 5.66. The molecule has 1 aromatic rings. The standard InChI is InChI=1S/C13H18ClN3O3.ClH/c1-9(20-11-4-2-10(14)3-5-11)7-16-13(19)8-17-12(18)6-15;/h2-5,9H,6-8,15H2,1H3,(H,16,19)(H,17,18);1H. The van der Waals surface area contributed by atoms with Crippen molar-refractivity contribution in [2.45, 2.75) is 13.0 Å². The van der Waals surface area contributed by atoms with Crippen LogP contribution in [0.25, 0.3) is 0 Å². The molecule has 8 heteroatoms. The summed E-state index contributed by atoms with van der Waals surface area (Å²) >= 11 is 5.77. The SMILES string of the molecule is CC(CNC(=O)CNC(=O)CN)Oc1ccc(Cl)cc1.Cl. The van der Waals surface area contributed by atoms with E-state index in [1.807, 2.05) is 6.92 Å². The summed E-state index contributed by atoms with van der Waals surface area (Å²) < 4.78 is 5.59. The summed E-state index contributed by atoms with van der Waals surface area (Å²) in [6.07, 6.45) is -0.203. The van der Waals surface area contributed by atoms with Gasteiger partial charge in [-0.2, -0.15) is 0 Å². The zero-order valence-corrected chi connectivity index (χ0v) is 13.2. The van der Waals surface area contributed by atoms with Gasteiger partial charge in [0.05, 0.1) is 19.6 Å². The fraction of sp³-hybridized carbons (Fsp3) is 0.385. The van der Waals surface area contributed by atoms with Crippen LogP contribution in [0.5, 0.6) is 5.75 Å². The van der Waals surface area contributed by atoms with Crippen molar-refractivity contribution in [2.75, 3.05) is 19.6 Å². The molecule has 1 unspecified atom stereocenters. The lowest BCUT2D eigenvalue weighted by Gasteiger charge is -2.15. The molecule has 2 amide bonds. The molecule has 0 fully saturated rings. The Morgan fingerprint density at radius 3 is 2.43 bits per heavy atom. The van der Waals surface area contributed by atoms with Crippen LogP contribution < -0.4 is 21.1 Å². The lowest BCUT2D eigenvalue weighted by atomic mass is 10.3. The number of halogens is 2. The lowest BCUT2D eigenvalue weighted by Crippen LogP contribution is -2.42. The summed E-state index contributed by atoms with van der Waals surface area (Å²) in [7, 11) is 0. The van der Waals surface area contributed by atoms with Crippen LogP contribution in [0.3, 0.4) is 0 Å². The summed E-state index contributed by atoms with van der Waals surface area (Å²) in [5.41, 5.74) is 5.10. The van der Waals surface area contributed by atoms with Crippen LogP contribution in [-0.2, 0) is 9.59 Å². The second-order valence-electron chi connectivity index (χ2n) is 4.17. The molecule has 0 aliphatic carbocycles. The second-order valence-corrected chi connectivity index (χ2v) is 4.60. The third-order valence-electron chi connectivity index (χ3n) is 2.37. The minimum atomic E-state index is -0.370. The van der Waals surface area contributed by atoms with Gasteiger partial charge in [-0.25, -0.2) is 0 Å². The molecule has 0 bridgehead atoms. The van der Waals surface area contributed by atoms with E-state index in [1.54, 1.807) is 24.3 Å². The van der Waals surface area contributed by atoms with Crippen molar-refractivity contribution < 1.29 is 14.3 Å². The summed E-state index contributed by atoms with van der Waals surface area (Å²) in [4.78, 5) is 22.3. The number of carbonyl (C=O) groups is 2. The van der Waals surface area contributed by atoms with E-state index < -0.39 is 0 Å². The van der Waals surface area contributed by atoms with Gasteiger partial charge in [0.2, 0.25) is 11.8 Å². The first-order valence-corrected chi connectivity index (χ1v) is 6.54. The number of benzene rings is 1. The zero-order chi connectivity index (χ0) is 15.0. The number of rotatable bonds is 7. The molecule has 118 valence electrons. The normalized spacial score (nSPS) is 11.0. The number of amides is 2. The molecule has 4 N–H and O–H groups in total. The molecule has 1 aromatic carbocycles. The molecule has 0 aliphatic rings. The molecule has 0 heterocycles. The van der Waals surface area contributed by atoms with E-state index in [0.29, 0.717) is 17.3 Å². The van der Waals surface area contributed by atoms with Gasteiger partial charge in [-0.3, -0.25) is 9.59 Å². The third-order valence-corrected chi connectivity index (χ3v) is 2.62. The van der Waals surface area contributed by atoms with Gasteiger partial charge < -0.3 is 21.1 Å². The van der Waals surface area contributed by atoms with E-state index >= 15 is 0 Å². The number of carbonyl (C=O) groups excluding carboxylic acids is 2. The monoisotopic (exact) mass is 335 g/mol. The summed E-state index contributed by atoms with van der Waals surface area (Å²) in [5.74, 6) is 0.0107. The van der Waals surface area contributed by atoms with Crippen molar-refractivity contribution in [1.29, 1.82) is 0 Å². The van der Waals surface area contributed by atoms with Crippen molar-refractivity contribution >= 4 is 35.8 Å². The van der Waals surface area contributed by atoms with E-state index in [-0.39, 0.29) is 43.4 Å². The topological polar surface area (TPSA) is 93.5 Å². The molecule has 6 nitrogen and oxygen atoms in total. The Kier molecular flexibility index (Phi) is 9.53. The Morgan fingerprint density at radius 1 is 1.24 bits per heavy atom. The molecule has 0 aromatic heterocycles. The van der Waals surface area contributed by atoms with E-state index in [4.69, 9.17) is 22.1 Å². The predicted octanol–water partition coefficient (Wildman–Crippen LogP) is 0.720. The van der Waals surface area contributed by atoms with Crippen molar-refractivity contribution in [1.82, 2.24) is 10.6 Å². The first-order chi connectivity index (χ1) is 9.51. The number of hydrogen-bond donors (Lipinski definition) is 3. The highest BCUT2D eigenvalue weighted by Crippen LogP contribution is 2.16. The highest BCUT2D eigenvalue weighted by molar-refractivity contribution is 6.30. The molecule has 0 radical (unpaired) electrons. The molecule has 21 heavy (non-hydrogen) atoms. The number of hydrogen-bond acceptors (Lipinski definition) is 4. The lowest BCUT2D eigenvalue weighted by molar-refractivity contribution is -0.125. The molecule has 0 spiro atoms. The van der Waals surface area contributed by atoms with Gasteiger partial charge in [0.1, 0.15) is 11.9 Å². The van der Waals surface area contributed by atoms with Gasteiger partial charge in [-0.1, -0.05) is 11.6 Å². The summed E-state index contributed by atoms with van der Waals surface area (Å²) in [6.45, 7) is 1.93. The number of nitrogens with two attached hydrogens (primary N) is 1. The van der Waals surface area contributed by atoms with E-state index in [9.17, 15) is 9.59 Å². The molecule has 0 saturated carbocycles. The van der Waals surface area contributed by atoms with Crippen LogP contribution in [0.2, 0.25) is 5.02 Å². The smallest absolute Gasteiger partial charge is 0.239 e. The molecular weight excluding hydrogens is 317 g/mol. The maximum absolute atomic E-state index is 11.4. The Balaban J connectivity index is 0.00000400. The Labute approximate surface area is 134 Å². The molecule has 1 atom stereocenters. The van der Waals surface area contributed by atoms with Gasteiger partial charge in [0.25, 0.3) is 0 Å². The second kappa shape index (κ2) is 10.3. The average Bonchev–Trinajstić information content (AvgIpc) is 2.45. The average molecular weight is 336 g/mol. The van der Waals surface area contributed by atoms with E-state index in [1.165, 1.54) is 0 Å². The quantitative estimate of drug-likeness (QED) is 0.684. The fourth-order valence-corrected chi connectivity index (χ4v) is 1.48. The van der Waals surface area contributed by atoms with Crippen LogP contribution in [0.1, 0.15) is 6.92 Å². The molecule has 1 rings (SSSR count). The number of ether oxygens (including phenoxy) is 1. The van der Waals surface area contributed by atoms with Crippen LogP contribution in [0.4, 0.5) is 0 Å². The minimum absolute atomic E-state index is 0. The molecular formula is C13H19Cl2N3O3. The Hall–Kier alpha value is -1.50. The van der Waals surface area contributed by atoms with E-state index in [2.05, 4.69) is 10.6 Å². The van der Waals surface area contributed by atoms with Crippen LogP contribution in [-0.4, -0.2) is 37.6 Å². The first-order valence-electron chi connectivity index (χ1n) is 6.17. The van der Waals surface area contributed by atoms with Crippen molar-refractivity contribution in [2.24, 2.45) is 5.73 Å². The van der Waals surface area contributed by atoms with E-state index in [0.717, 1.165) is 0 Å². The zero-order valence-electron chi connectivity index (χ0n) is 11.6. The largest absolute Gasteiger partial charge is 0.489 e. The van der Waals surface area contributed by atoms with Crippen LogP contribution in [0.15, 0.2) is 24.3 Å². The fourth-order valence-electron chi connectivity index (χ4n) is 1.36. The maximum Gasteiger partial charge on any atom is 0.239 e. The van der Waals surface area contributed by atoms with Gasteiger partial charge in [-0.15, -0.1) is 12.4 Å². The Morgan fingerprint density at radius 2 is 1.86 bits per heavy atom. The van der Waals surface area contributed by atoms with Crippen LogP contribution >= 0.6 is 24.0 Å². The maximum atomic E-state index is 11.4. The molecule has 0 saturated heterocycles. The van der Waals surface area contributed by atoms with Crippen molar-refractivity contribution in [3.8, 4) is 5.75 Å². The predicted molar refractivity (Wildman–Crippen MR) is 83.9 cm³/mol. The van der Waals surface area contributed by atoms with Crippen molar-refractivity contribution in [3.63, 3.8) is 0 Å². The van der Waals surface area contributed by atoms with Gasteiger partial charge in [0, 0.05) is 5.02 Å². The highest BCUT2D eigenvalue weighted by atomic mass is 35.5. The Bertz CT molecular complexity index is 454. The van der Waals surface area contributed by atoms with Gasteiger partial charge in [-0.05, 0) is 31.2 Å². The third kappa shape index (κ3) is 8.39. The highest BCUT2D eigenvalue weighted by Gasteiger charge is 2.08. The number of nitrogens with one attached hydrogen (secondary N) is 2. The van der Waals surface area contributed by atoms with Crippen LogP contribution in [0, 0.1) is 0 Å². The van der Waals surface area contributed by atoms with Gasteiger partial charge in [0.15, 0.2) is 0 Å².